The highest BCUT2D eigenvalue weighted by Crippen LogP contribution is 2.26. The Morgan fingerprint density at radius 2 is 2.41 bits per heavy atom. The van der Waals surface area contributed by atoms with Gasteiger partial charge in [0.25, 0.3) is 0 Å². The fraction of sp³-hybridized carbons (Fsp3) is 0.600. The average Bonchev–Trinajstić information content (AvgIpc) is 2.39. The number of nitrogens with zero attached hydrogens (tertiary/aromatic N) is 2. The summed E-state index contributed by atoms with van der Waals surface area (Å²) in [5, 5.41) is 4.42. The molecule has 7 heteroatoms. The molecule has 2 heterocycles. The van der Waals surface area contributed by atoms with Crippen molar-refractivity contribution in [2.24, 2.45) is 5.84 Å². The third-order valence-corrected chi connectivity index (χ3v) is 4.32. The van der Waals surface area contributed by atoms with Gasteiger partial charge in [0.15, 0.2) is 5.82 Å². The third-order valence-electron chi connectivity index (χ3n) is 2.64. The van der Waals surface area contributed by atoms with Crippen molar-refractivity contribution < 1.29 is 0 Å². The quantitative estimate of drug-likeness (QED) is 0.576. The summed E-state index contributed by atoms with van der Waals surface area (Å²) in [6.07, 6.45) is 5.44. The SMILES string of the molecule is NNc1ncc(Cl)c(NCC2CCCCS2)n1. The van der Waals surface area contributed by atoms with Gasteiger partial charge in [-0.3, -0.25) is 5.43 Å². The number of nitrogens with one attached hydrogen (secondary N) is 2. The molecule has 0 saturated carbocycles. The molecular weight excluding hydrogens is 258 g/mol. The maximum absolute atomic E-state index is 6.01. The zero-order valence-corrected chi connectivity index (χ0v) is 11.0. The Labute approximate surface area is 110 Å². The van der Waals surface area contributed by atoms with Crippen LogP contribution in [0.2, 0.25) is 5.02 Å². The van der Waals surface area contributed by atoms with Gasteiger partial charge in [-0.05, 0) is 18.6 Å². The molecule has 0 bridgehead atoms. The van der Waals surface area contributed by atoms with Crippen LogP contribution in [0.5, 0.6) is 0 Å². The van der Waals surface area contributed by atoms with Gasteiger partial charge >= 0.3 is 0 Å². The van der Waals surface area contributed by atoms with Gasteiger partial charge in [0.05, 0.1) is 6.20 Å². The minimum absolute atomic E-state index is 0.369. The second-order valence-electron chi connectivity index (χ2n) is 3.90. The van der Waals surface area contributed by atoms with Crippen molar-refractivity contribution in [3.63, 3.8) is 0 Å². The van der Waals surface area contributed by atoms with Crippen LogP contribution in [0.3, 0.4) is 0 Å². The molecule has 0 amide bonds. The first kappa shape index (κ1) is 12.7. The highest BCUT2D eigenvalue weighted by Gasteiger charge is 2.14. The third kappa shape index (κ3) is 3.62. The zero-order valence-electron chi connectivity index (χ0n) is 9.45. The van der Waals surface area contributed by atoms with Gasteiger partial charge in [-0.2, -0.15) is 16.7 Å². The molecule has 0 spiro atoms. The summed E-state index contributed by atoms with van der Waals surface area (Å²) in [7, 11) is 0. The number of hydrazine groups is 1. The van der Waals surface area contributed by atoms with Gasteiger partial charge in [-0.15, -0.1) is 0 Å². The summed E-state index contributed by atoms with van der Waals surface area (Å²) >= 11 is 8.02. The summed E-state index contributed by atoms with van der Waals surface area (Å²) in [6, 6.07) is 0. The van der Waals surface area contributed by atoms with E-state index in [1.807, 2.05) is 11.8 Å². The molecule has 1 aromatic heterocycles. The van der Waals surface area contributed by atoms with E-state index in [0.29, 0.717) is 22.0 Å². The van der Waals surface area contributed by atoms with Crippen LogP contribution >= 0.6 is 23.4 Å². The Kier molecular flexibility index (Phi) is 4.70. The number of thioether (sulfide) groups is 1. The molecule has 4 N–H and O–H groups in total. The zero-order chi connectivity index (χ0) is 12.1. The monoisotopic (exact) mass is 273 g/mol. The van der Waals surface area contributed by atoms with Gasteiger partial charge in [-0.25, -0.2) is 10.8 Å². The van der Waals surface area contributed by atoms with Gasteiger partial charge in [0.1, 0.15) is 5.02 Å². The highest BCUT2D eigenvalue weighted by atomic mass is 35.5. The van der Waals surface area contributed by atoms with Crippen molar-refractivity contribution >= 4 is 35.1 Å². The number of rotatable bonds is 4. The summed E-state index contributed by atoms with van der Waals surface area (Å²) in [4.78, 5) is 8.10. The fourth-order valence-corrected chi connectivity index (χ4v) is 3.14. The number of halogens is 1. The summed E-state index contributed by atoms with van der Waals surface area (Å²) in [5.74, 6) is 7.52. The number of nitrogen functional groups attached to an aromatic ring is 1. The van der Waals surface area contributed by atoms with Crippen molar-refractivity contribution in [2.75, 3.05) is 23.0 Å². The lowest BCUT2D eigenvalue weighted by Crippen LogP contribution is -2.21. The first-order valence-electron chi connectivity index (χ1n) is 5.64. The van der Waals surface area contributed by atoms with Crippen LogP contribution < -0.4 is 16.6 Å². The van der Waals surface area contributed by atoms with E-state index < -0.39 is 0 Å². The van der Waals surface area contributed by atoms with Crippen LogP contribution in [0.1, 0.15) is 19.3 Å². The van der Waals surface area contributed by atoms with Crippen LogP contribution in [-0.2, 0) is 0 Å². The van der Waals surface area contributed by atoms with Crippen molar-refractivity contribution in [3.05, 3.63) is 11.2 Å². The van der Waals surface area contributed by atoms with Crippen molar-refractivity contribution in [1.82, 2.24) is 9.97 Å². The molecule has 1 fully saturated rings. The smallest absolute Gasteiger partial charge is 0.239 e. The largest absolute Gasteiger partial charge is 0.368 e. The topological polar surface area (TPSA) is 75.9 Å². The number of hydrogen-bond acceptors (Lipinski definition) is 6. The molecule has 17 heavy (non-hydrogen) atoms. The lowest BCUT2D eigenvalue weighted by Gasteiger charge is -2.21. The molecule has 1 aliphatic rings. The van der Waals surface area contributed by atoms with E-state index in [9.17, 15) is 0 Å². The molecule has 0 radical (unpaired) electrons. The van der Waals surface area contributed by atoms with Crippen LogP contribution in [0, 0.1) is 0 Å². The van der Waals surface area contributed by atoms with E-state index in [1.165, 1.54) is 25.0 Å². The summed E-state index contributed by atoms with van der Waals surface area (Å²) < 4.78 is 0. The lowest BCUT2D eigenvalue weighted by molar-refractivity contribution is 0.677. The van der Waals surface area contributed by atoms with Gasteiger partial charge in [-0.1, -0.05) is 18.0 Å². The molecule has 1 aliphatic heterocycles. The molecular formula is C10H16ClN5S. The predicted octanol–water partition coefficient (Wildman–Crippen LogP) is 2.11. The normalized spacial score (nSPS) is 20.0. The number of aromatic nitrogens is 2. The Morgan fingerprint density at radius 3 is 3.12 bits per heavy atom. The standard InChI is InChI=1S/C10H16ClN5S/c11-8-6-14-10(16-12)15-9(8)13-5-7-3-1-2-4-17-7/h6-7H,1-5,12H2,(H2,13,14,15,16). The first-order chi connectivity index (χ1) is 8.29. The van der Waals surface area contributed by atoms with Gasteiger partial charge in [0.2, 0.25) is 5.95 Å². The molecule has 1 saturated heterocycles. The second-order valence-corrected chi connectivity index (χ2v) is 5.72. The van der Waals surface area contributed by atoms with E-state index in [1.54, 1.807) is 6.20 Å². The van der Waals surface area contributed by atoms with Crippen LogP contribution in [0.25, 0.3) is 0 Å². The Hall–Kier alpha value is -0.720. The van der Waals surface area contributed by atoms with Crippen LogP contribution in [0.15, 0.2) is 6.20 Å². The number of hydrogen-bond donors (Lipinski definition) is 3. The maximum atomic E-state index is 6.01. The molecule has 94 valence electrons. The van der Waals surface area contributed by atoms with E-state index >= 15 is 0 Å². The average molecular weight is 274 g/mol. The summed E-state index contributed by atoms with van der Waals surface area (Å²) in [5.41, 5.74) is 2.41. The van der Waals surface area contributed by atoms with Gasteiger partial charge < -0.3 is 5.32 Å². The molecule has 1 unspecified atom stereocenters. The lowest BCUT2D eigenvalue weighted by atomic mass is 10.2. The Balaban J connectivity index is 1.92. The minimum atomic E-state index is 0.369. The predicted molar refractivity (Wildman–Crippen MR) is 73.4 cm³/mol. The van der Waals surface area contributed by atoms with E-state index in [0.717, 1.165) is 6.54 Å². The molecule has 0 aromatic carbocycles. The number of nitrogens with two attached hydrogens (primary N) is 1. The molecule has 1 aromatic rings. The molecule has 5 nitrogen and oxygen atoms in total. The number of anilines is 2. The van der Waals surface area contributed by atoms with Crippen molar-refractivity contribution in [2.45, 2.75) is 24.5 Å². The van der Waals surface area contributed by atoms with Crippen molar-refractivity contribution in [1.29, 1.82) is 0 Å². The molecule has 0 aliphatic carbocycles. The highest BCUT2D eigenvalue weighted by molar-refractivity contribution is 7.99. The maximum Gasteiger partial charge on any atom is 0.239 e. The Morgan fingerprint density at radius 1 is 1.53 bits per heavy atom. The van der Waals surface area contributed by atoms with Crippen LogP contribution in [-0.4, -0.2) is 27.5 Å². The van der Waals surface area contributed by atoms with E-state index in [-0.39, 0.29) is 0 Å². The minimum Gasteiger partial charge on any atom is -0.368 e. The van der Waals surface area contributed by atoms with Crippen LogP contribution in [0.4, 0.5) is 11.8 Å². The van der Waals surface area contributed by atoms with E-state index in [4.69, 9.17) is 17.4 Å². The molecule has 1 atom stereocenters. The summed E-state index contributed by atoms with van der Waals surface area (Å²) in [6.45, 7) is 0.880. The van der Waals surface area contributed by atoms with Gasteiger partial charge in [0, 0.05) is 11.8 Å². The van der Waals surface area contributed by atoms with Crippen molar-refractivity contribution in [3.8, 4) is 0 Å². The first-order valence-corrected chi connectivity index (χ1v) is 7.07. The Bertz CT molecular complexity index is 370. The fourth-order valence-electron chi connectivity index (χ4n) is 1.74. The second kappa shape index (κ2) is 6.28. The van der Waals surface area contributed by atoms with E-state index in [2.05, 4.69) is 20.7 Å². The molecule has 2 rings (SSSR count).